The Kier molecular flexibility index (Phi) is 5.23. The van der Waals surface area contributed by atoms with Crippen molar-refractivity contribution in [1.29, 1.82) is 0 Å². The summed E-state index contributed by atoms with van der Waals surface area (Å²) in [7, 11) is 0. The van der Waals surface area contributed by atoms with Crippen LogP contribution < -0.4 is 11.1 Å². The Hall–Kier alpha value is -2.80. The number of nitrogens with two attached hydrogens (primary N) is 1. The van der Waals surface area contributed by atoms with Crippen molar-refractivity contribution in [2.75, 3.05) is 11.1 Å². The molecule has 0 atom stereocenters. The van der Waals surface area contributed by atoms with Crippen molar-refractivity contribution in [3.8, 4) is 11.3 Å². The number of aromatic nitrogens is 2. The average Bonchev–Trinajstić information content (AvgIpc) is 2.61. The van der Waals surface area contributed by atoms with Crippen molar-refractivity contribution in [1.82, 2.24) is 9.97 Å². The minimum atomic E-state index is -4.38. The first kappa shape index (κ1) is 19.0. The fraction of sp³-hybridized carbons (Fsp3) is 0.158. The summed E-state index contributed by atoms with van der Waals surface area (Å²) in [6.45, 7) is 2.01. The Bertz CT molecular complexity index is 956. The lowest BCUT2D eigenvalue weighted by atomic mass is 10.0. The number of halogens is 4. The van der Waals surface area contributed by atoms with Crippen LogP contribution in [0.5, 0.6) is 0 Å². The second-order valence-corrected chi connectivity index (χ2v) is 6.29. The van der Waals surface area contributed by atoms with Crippen LogP contribution in [0.25, 0.3) is 11.3 Å². The van der Waals surface area contributed by atoms with Gasteiger partial charge in [0.1, 0.15) is 5.82 Å². The number of anilines is 3. The third-order valence-electron chi connectivity index (χ3n) is 3.96. The molecule has 2 aromatic carbocycles. The molecule has 0 aliphatic rings. The van der Waals surface area contributed by atoms with E-state index in [0.29, 0.717) is 22.2 Å². The van der Waals surface area contributed by atoms with Crippen LogP contribution in [0.2, 0.25) is 5.02 Å². The zero-order chi connectivity index (χ0) is 19.6. The van der Waals surface area contributed by atoms with Gasteiger partial charge in [0.15, 0.2) is 0 Å². The van der Waals surface area contributed by atoms with E-state index in [0.717, 1.165) is 29.7 Å². The van der Waals surface area contributed by atoms with E-state index in [4.69, 9.17) is 17.3 Å². The van der Waals surface area contributed by atoms with Crippen molar-refractivity contribution in [2.45, 2.75) is 19.5 Å². The summed E-state index contributed by atoms with van der Waals surface area (Å²) in [5.41, 5.74) is 8.00. The van der Waals surface area contributed by atoms with E-state index in [1.54, 1.807) is 18.2 Å². The highest BCUT2D eigenvalue weighted by molar-refractivity contribution is 6.30. The molecule has 4 nitrogen and oxygen atoms in total. The highest BCUT2D eigenvalue weighted by Gasteiger charge is 2.29. The fourth-order valence-corrected chi connectivity index (χ4v) is 2.83. The largest absolute Gasteiger partial charge is 0.416 e. The van der Waals surface area contributed by atoms with E-state index >= 15 is 0 Å². The first-order valence-electron chi connectivity index (χ1n) is 8.14. The summed E-state index contributed by atoms with van der Waals surface area (Å²) in [5.74, 6) is 0.420. The van der Waals surface area contributed by atoms with E-state index in [-0.39, 0.29) is 5.95 Å². The van der Waals surface area contributed by atoms with Crippen molar-refractivity contribution in [3.63, 3.8) is 0 Å². The van der Waals surface area contributed by atoms with Crippen molar-refractivity contribution < 1.29 is 13.2 Å². The predicted octanol–water partition coefficient (Wildman–Crippen LogP) is 5.70. The number of alkyl halides is 3. The number of hydrogen-bond donors (Lipinski definition) is 2. The smallest absolute Gasteiger partial charge is 0.368 e. The maximum atomic E-state index is 12.7. The molecule has 0 unspecified atom stereocenters. The highest BCUT2D eigenvalue weighted by Crippen LogP contribution is 2.31. The first-order valence-corrected chi connectivity index (χ1v) is 8.51. The maximum Gasteiger partial charge on any atom is 0.416 e. The van der Waals surface area contributed by atoms with E-state index in [2.05, 4.69) is 15.3 Å². The third-order valence-corrected chi connectivity index (χ3v) is 4.19. The molecule has 0 saturated heterocycles. The molecule has 0 fully saturated rings. The van der Waals surface area contributed by atoms with Crippen LogP contribution in [0, 0.1) is 0 Å². The van der Waals surface area contributed by atoms with Gasteiger partial charge in [-0.1, -0.05) is 24.6 Å². The monoisotopic (exact) mass is 392 g/mol. The summed E-state index contributed by atoms with van der Waals surface area (Å²) >= 11 is 6.10. The lowest BCUT2D eigenvalue weighted by molar-refractivity contribution is -0.137. The molecule has 0 amide bonds. The number of rotatable bonds is 4. The van der Waals surface area contributed by atoms with E-state index < -0.39 is 11.7 Å². The minimum absolute atomic E-state index is 0.0453. The normalized spacial score (nSPS) is 11.4. The van der Waals surface area contributed by atoms with Gasteiger partial charge in [-0.2, -0.15) is 18.2 Å². The van der Waals surface area contributed by atoms with Crippen molar-refractivity contribution in [3.05, 3.63) is 64.7 Å². The topological polar surface area (TPSA) is 63.8 Å². The molecule has 3 N–H and O–H groups in total. The van der Waals surface area contributed by atoms with Gasteiger partial charge in [-0.15, -0.1) is 0 Å². The van der Waals surface area contributed by atoms with Crippen molar-refractivity contribution >= 4 is 29.1 Å². The van der Waals surface area contributed by atoms with E-state index in [1.165, 1.54) is 12.1 Å². The van der Waals surface area contributed by atoms with Gasteiger partial charge in [0.05, 0.1) is 11.3 Å². The summed E-state index contributed by atoms with van der Waals surface area (Å²) in [6, 6.07) is 11.9. The van der Waals surface area contributed by atoms with Gasteiger partial charge >= 0.3 is 6.18 Å². The summed E-state index contributed by atoms with van der Waals surface area (Å²) in [6.07, 6.45) is -3.60. The Morgan fingerprint density at radius 1 is 1.04 bits per heavy atom. The Morgan fingerprint density at radius 3 is 2.37 bits per heavy atom. The van der Waals surface area contributed by atoms with E-state index in [1.807, 2.05) is 13.0 Å². The SMILES string of the molecule is CCc1ccc(Cl)cc1-c1cc(Nc2ccc(C(F)(F)F)cc2)nc(N)n1. The van der Waals surface area contributed by atoms with Gasteiger partial charge < -0.3 is 11.1 Å². The lowest BCUT2D eigenvalue weighted by Gasteiger charge is -2.12. The molecule has 0 aliphatic carbocycles. The molecule has 0 aliphatic heterocycles. The molecule has 140 valence electrons. The number of nitrogens with one attached hydrogen (secondary N) is 1. The molecule has 0 bridgehead atoms. The molecule has 3 aromatic rings. The van der Waals surface area contributed by atoms with Gasteiger partial charge in [0.2, 0.25) is 5.95 Å². The number of aryl methyl sites for hydroxylation is 1. The maximum absolute atomic E-state index is 12.7. The van der Waals surface area contributed by atoms with Gasteiger partial charge in [0, 0.05) is 22.3 Å². The second kappa shape index (κ2) is 7.44. The number of nitrogen functional groups attached to an aromatic ring is 1. The molecule has 27 heavy (non-hydrogen) atoms. The Labute approximate surface area is 159 Å². The van der Waals surface area contributed by atoms with Gasteiger partial charge in [0.25, 0.3) is 0 Å². The van der Waals surface area contributed by atoms with Crippen molar-refractivity contribution in [2.24, 2.45) is 0 Å². The summed E-state index contributed by atoms with van der Waals surface area (Å²) < 4.78 is 38.0. The quantitative estimate of drug-likeness (QED) is 0.597. The standard InChI is InChI=1S/C19H16ClF3N4/c1-2-11-3-6-13(20)9-15(11)16-10-17(27-18(24)26-16)25-14-7-4-12(5-8-14)19(21,22)23/h3-10H,2H2,1H3,(H3,24,25,26,27). The molecule has 1 aromatic heterocycles. The zero-order valence-corrected chi connectivity index (χ0v) is 15.1. The zero-order valence-electron chi connectivity index (χ0n) is 14.3. The lowest BCUT2D eigenvalue weighted by Crippen LogP contribution is -2.05. The molecule has 1 heterocycles. The molecular formula is C19H16ClF3N4. The minimum Gasteiger partial charge on any atom is -0.368 e. The van der Waals surface area contributed by atoms with Crippen LogP contribution in [-0.4, -0.2) is 9.97 Å². The predicted molar refractivity (Wildman–Crippen MR) is 101 cm³/mol. The number of hydrogen-bond acceptors (Lipinski definition) is 4. The van der Waals surface area contributed by atoms with Crippen LogP contribution in [0.3, 0.4) is 0 Å². The highest BCUT2D eigenvalue weighted by atomic mass is 35.5. The Balaban J connectivity index is 1.94. The first-order chi connectivity index (χ1) is 12.8. The van der Waals surface area contributed by atoms with Crippen LogP contribution in [0.4, 0.5) is 30.6 Å². The molecular weight excluding hydrogens is 377 g/mol. The molecule has 0 spiro atoms. The molecule has 0 saturated carbocycles. The number of nitrogens with zero attached hydrogens (tertiary/aromatic N) is 2. The average molecular weight is 393 g/mol. The molecule has 8 heteroatoms. The molecule has 3 rings (SSSR count). The van der Waals surface area contributed by atoms with Gasteiger partial charge in [-0.3, -0.25) is 0 Å². The molecule has 0 radical (unpaired) electrons. The van der Waals surface area contributed by atoms with Crippen LogP contribution in [0.1, 0.15) is 18.1 Å². The number of benzene rings is 2. The van der Waals surface area contributed by atoms with Crippen LogP contribution >= 0.6 is 11.6 Å². The van der Waals surface area contributed by atoms with Crippen LogP contribution in [-0.2, 0) is 12.6 Å². The van der Waals surface area contributed by atoms with Gasteiger partial charge in [-0.05, 0) is 48.4 Å². The van der Waals surface area contributed by atoms with Gasteiger partial charge in [-0.25, -0.2) is 4.98 Å². The fourth-order valence-electron chi connectivity index (χ4n) is 2.65. The second-order valence-electron chi connectivity index (χ2n) is 5.85. The van der Waals surface area contributed by atoms with E-state index in [9.17, 15) is 13.2 Å². The summed E-state index contributed by atoms with van der Waals surface area (Å²) in [4.78, 5) is 8.37. The third kappa shape index (κ3) is 4.49. The van der Waals surface area contributed by atoms with Crippen LogP contribution in [0.15, 0.2) is 48.5 Å². The Morgan fingerprint density at radius 2 is 1.74 bits per heavy atom. The summed E-state index contributed by atoms with van der Waals surface area (Å²) in [5, 5.41) is 3.52.